The molecule has 0 aromatic heterocycles. The summed E-state index contributed by atoms with van der Waals surface area (Å²) in [5.41, 5.74) is 6.70. The van der Waals surface area contributed by atoms with E-state index in [9.17, 15) is 0 Å². The van der Waals surface area contributed by atoms with Crippen LogP contribution in [0.15, 0.2) is 0 Å². The van der Waals surface area contributed by atoms with E-state index in [1.54, 1.807) is 0 Å². The Labute approximate surface area is 120 Å². The van der Waals surface area contributed by atoms with Crippen LogP contribution in [0.2, 0.25) is 0 Å². The standard InChI is InChI=1S/C16H35N3/c1-6-19(7-2)9-8-18-16(13-17)11-14(3)10-15(4,5)12-16/h14,18H,6-13,17H2,1-5H3. The lowest BCUT2D eigenvalue weighted by atomic mass is 9.64. The number of hydrogen-bond donors (Lipinski definition) is 2. The molecule has 114 valence electrons. The van der Waals surface area contributed by atoms with E-state index in [1.807, 2.05) is 0 Å². The van der Waals surface area contributed by atoms with Crippen LogP contribution in [0.1, 0.15) is 53.9 Å². The first-order valence-electron chi connectivity index (χ1n) is 8.04. The molecule has 2 unspecified atom stereocenters. The third kappa shape index (κ3) is 5.05. The van der Waals surface area contributed by atoms with Gasteiger partial charge in [0.1, 0.15) is 0 Å². The Morgan fingerprint density at radius 3 is 2.32 bits per heavy atom. The molecule has 1 fully saturated rings. The SMILES string of the molecule is CCN(CC)CCNC1(CN)CC(C)CC(C)(C)C1. The van der Waals surface area contributed by atoms with Gasteiger partial charge in [0.25, 0.3) is 0 Å². The summed E-state index contributed by atoms with van der Waals surface area (Å²) in [7, 11) is 0. The number of nitrogens with two attached hydrogens (primary N) is 1. The fourth-order valence-corrected chi connectivity index (χ4v) is 4.12. The molecule has 2 atom stereocenters. The van der Waals surface area contributed by atoms with Crippen molar-refractivity contribution in [3.8, 4) is 0 Å². The number of nitrogens with one attached hydrogen (secondary N) is 1. The van der Waals surface area contributed by atoms with Crippen LogP contribution in [0, 0.1) is 11.3 Å². The zero-order valence-corrected chi connectivity index (χ0v) is 13.8. The first-order valence-corrected chi connectivity index (χ1v) is 8.04. The van der Waals surface area contributed by atoms with Gasteiger partial charge in [-0.3, -0.25) is 0 Å². The van der Waals surface area contributed by atoms with E-state index in [0.717, 1.165) is 38.6 Å². The second-order valence-corrected chi connectivity index (χ2v) is 7.29. The van der Waals surface area contributed by atoms with Gasteiger partial charge in [-0.15, -0.1) is 0 Å². The van der Waals surface area contributed by atoms with Gasteiger partial charge in [0.15, 0.2) is 0 Å². The molecule has 0 aromatic rings. The lowest BCUT2D eigenvalue weighted by Crippen LogP contribution is -2.58. The molecule has 1 saturated carbocycles. The highest BCUT2D eigenvalue weighted by atomic mass is 15.1. The van der Waals surface area contributed by atoms with Gasteiger partial charge in [0.2, 0.25) is 0 Å². The van der Waals surface area contributed by atoms with E-state index in [-0.39, 0.29) is 5.54 Å². The molecular weight excluding hydrogens is 234 g/mol. The summed E-state index contributed by atoms with van der Waals surface area (Å²) in [5, 5.41) is 3.80. The van der Waals surface area contributed by atoms with E-state index in [1.165, 1.54) is 19.3 Å². The highest BCUT2D eigenvalue weighted by Crippen LogP contribution is 2.43. The largest absolute Gasteiger partial charge is 0.329 e. The van der Waals surface area contributed by atoms with Crippen LogP contribution in [-0.2, 0) is 0 Å². The average Bonchev–Trinajstić information content (AvgIpc) is 2.32. The minimum absolute atomic E-state index is 0.161. The van der Waals surface area contributed by atoms with E-state index >= 15 is 0 Å². The van der Waals surface area contributed by atoms with Crippen molar-refractivity contribution in [3.63, 3.8) is 0 Å². The number of hydrogen-bond acceptors (Lipinski definition) is 3. The van der Waals surface area contributed by atoms with Gasteiger partial charge in [-0.1, -0.05) is 34.6 Å². The fraction of sp³-hybridized carbons (Fsp3) is 1.00. The van der Waals surface area contributed by atoms with Crippen LogP contribution in [0.5, 0.6) is 0 Å². The Bertz CT molecular complexity index is 261. The minimum atomic E-state index is 0.161. The van der Waals surface area contributed by atoms with Crippen LogP contribution >= 0.6 is 0 Å². The molecule has 0 heterocycles. The van der Waals surface area contributed by atoms with Crippen molar-refractivity contribution >= 4 is 0 Å². The Morgan fingerprint density at radius 2 is 1.84 bits per heavy atom. The maximum Gasteiger partial charge on any atom is 0.0312 e. The van der Waals surface area contributed by atoms with E-state index in [4.69, 9.17) is 5.73 Å². The molecule has 1 aliphatic carbocycles. The fourth-order valence-electron chi connectivity index (χ4n) is 4.12. The van der Waals surface area contributed by atoms with Crippen LogP contribution in [-0.4, -0.2) is 43.2 Å². The van der Waals surface area contributed by atoms with Crippen LogP contribution in [0.25, 0.3) is 0 Å². The van der Waals surface area contributed by atoms with Crippen molar-refractivity contribution in [1.29, 1.82) is 0 Å². The van der Waals surface area contributed by atoms with Gasteiger partial charge in [-0.05, 0) is 43.7 Å². The molecule has 1 rings (SSSR count). The molecule has 0 saturated heterocycles. The van der Waals surface area contributed by atoms with Crippen LogP contribution in [0.3, 0.4) is 0 Å². The molecular formula is C16H35N3. The number of rotatable bonds is 7. The number of likely N-dealkylation sites (N-methyl/N-ethyl adjacent to an activating group) is 1. The Balaban J connectivity index is 2.55. The summed E-state index contributed by atoms with van der Waals surface area (Å²) < 4.78 is 0. The third-order valence-electron chi connectivity index (χ3n) is 4.67. The Morgan fingerprint density at radius 1 is 1.21 bits per heavy atom. The molecule has 0 aliphatic heterocycles. The Hall–Kier alpha value is -0.120. The predicted octanol–water partition coefficient (Wildman–Crippen LogP) is 2.46. The molecule has 0 radical (unpaired) electrons. The lowest BCUT2D eigenvalue weighted by molar-refractivity contribution is 0.0840. The van der Waals surface area contributed by atoms with Crippen molar-refractivity contribution in [3.05, 3.63) is 0 Å². The molecule has 0 aromatic carbocycles. The summed E-state index contributed by atoms with van der Waals surface area (Å²) in [6, 6.07) is 0. The molecule has 0 bridgehead atoms. The molecule has 3 heteroatoms. The molecule has 0 amide bonds. The molecule has 3 N–H and O–H groups in total. The minimum Gasteiger partial charge on any atom is -0.329 e. The van der Waals surface area contributed by atoms with E-state index in [2.05, 4.69) is 44.8 Å². The van der Waals surface area contributed by atoms with Crippen molar-refractivity contribution in [2.45, 2.75) is 59.4 Å². The van der Waals surface area contributed by atoms with Gasteiger partial charge >= 0.3 is 0 Å². The summed E-state index contributed by atoms with van der Waals surface area (Å²) in [6.07, 6.45) is 3.76. The van der Waals surface area contributed by atoms with Gasteiger partial charge in [0.05, 0.1) is 0 Å². The summed E-state index contributed by atoms with van der Waals surface area (Å²) in [4.78, 5) is 2.47. The molecule has 3 nitrogen and oxygen atoms in total. The van der Waals surface area contributed by atoms with E-state index in [0.29, 0.717) is 5.41 Å². The molecule has 0 spiro atoms. The van der Waals surface area contributed by atoms with Gasteiger partial charge < -0.3 is 16.0 Å². The predicted molar refractivity (Wildman–Crippen MR) is 84.4 cm³/mol. The van der Waals surface area contributed by atoms with Crippen molar-refractivity contribution in [2.24, 2.45) is 17.1 Å². The van der Waals surface area contributed by atoms with Gasteiger partial charge in [-0.2, -0.15) is 0 Å². The van der Waals surface area contributed by atoms with Crippen LogP contribution < -0.4 is 11.1 Å². The first-order chi connectivity index (χ1) is 8.86. The lowest BCUT2D eigenvalue weighted by Gasteiger charge is -2.48. The van der Waals surface area contributed by atoms with Gasteiger partial charge in [-0.25, -0.2) is 0 Å². The monoisotopic (exact) mass is 269 g/mol. The highest BCUT2D eigenvalue weighted by Gasteiger charge is 2.41. The highest BCUT2D eigenvalue weighted by molar-refractivity contribution is 4.99. The van der Waals surface area contributed by atoms with Crippen molar-refractivity contribution < 1.29 is 0 Å². The zero-order chi connectivity index (χ0) is 14.5. The Kier molecular flexibility index (Phi) is 6.28. The normalized spacial score (nSPS) is 30.8. The second-order valence-electron chi connectivity index (χ2n) is 7.29. The molecule has 1 aliphatic rings. The van der Waals surface area contributed by atoms with Crippen molar-refractivity contribution in [2.75, 3.05) is 32.7 Å². The summed E-state index contributed by atoms with van der Waals surface area (Å²) in [5.74, 6) is 0.772. The van der Waals surface area contributed by atoms with Crippen LogP contribution in [0.4, 0.5) is 0 Å². The quantitative estimate of drug-likeness (QED) is 0.746. The first kappa shape index (κ1) is 16.9. The number of nitrogens with zero attached hydrogens (tertiary/aromatic N) is 1. The third-order valence-corrected chi connectivity index (χ3v) is 4.67. The maximum atomic E-state index is 6.13. The van der Waals surface area contributed by atoms with E-state index < -0.39 is 0 Å². The van der Waals surface area contributed by atoms with Crippen molar-refractivity contribution in [1.82, 2.24) is 10.2 Å². The summed E-state index contributed by atoms with van der Waals surface area (Å²) >= 11 is 0. The maximum absolute atomic E-state index is 6.13. The zero-order valence-electron chi connectivity index (χ0n) is 13.8. The second kappa shape index (κ2) is 7.05. The molecule has 19 heavy (non-hydrogen) atoms. The average molecular weight is 269 g/mol. The summed E-state index contributed by atoms with van der Waals surface area (Å²) in [6.45, 7) is 16.8. The topological polar surface area (TPSA) is 41.3 Å². The van der Waals surface area contributed by atoms with Gasteiger partial charge in [0, 0.05) is 25.2 Å². The smallest absolute Gasteiger partial charge is 0.0312 e.